The van der Waals surface area contributed by atoms with E-state index in [1.165, 1.54) is 0 Å². The van der Waals surface area contributed by atoms with Crippen LogP contribution in [0.4, 0.5) is 4.79 Å². The Labute approximate surface area is 101 Å². The lowest BCUT2D eigenvalue weighted by Crippen LogP contribution is -2.45. The number of amides is 2. The average molecular weight is 287 g/mol. The van der Waals surface area contributed by atoms with Gasteiger partial charge in [-0.25, -0.2) is 4.79 Å². The summed E-state index contributed by atoms with van der Waals surface area (Å²) in [5, 5.41) is 10.6. The maximum absolute atomic E-state index is 11.0. The fourth-order valence-electron chi connectivity index (χ4n) is 1.23. The number of benzene rings is 1. The SMILES string of the molecule is NC(=O)[C@H](Cc1ccc(Br)cc1)NC(=O)O. The standard InChI is InChI=1S/C10H11BrN2O3/c11-7-3-1-6(2-4-7)5-8(9(12)14)13-10(15)16/h1-4,8,13H,5H2,(H2,12,14)(H,15,16)/t8-/m0/s1. The van der Waals surface area contributed by atoms with E-state index in [2.05, 4.69) is 21.2 Å². The average Bonchev–Trinajstić information content (AvgIpc) is 2.19. The fourth-order valence-corrected chi connectivity index (χ4v) is 1.49. The molecule has 2 amide bonds. The fraction of sp³-hybridized carbons (Fsp3) is 0.200. The molecule has 1 rings (SSSR count). The van der Waals surface area contributed by atoms with Crippen LogP contribution in [0.3, 0.4) is 0 Å². The van der Waals surface area contributed by atoms with E-state index in [4.69, 9.17) is 10.8 Å². The van der Waals surface area contributed by atoms with Gasteiger partial charge in [-0.05, 0) is 17.7 Å². The quantitative estimate of drug-likeness (QED) is 0.774. The third-order valence-electron chi connectivity index (χ3n) is 1.99. The third kappa shape index (κ3) is 3.90. The first kappa shape index (κ1) is 12.5. The molecule has 0 aliphatic carbocycles. The highest BCUT2D eigenvalue weighted by atomic mass is 79.9. The van der Waals surface area contributed by atoms with Crippen LogP contribution in [0.5, 0.6) is 0 Å². The summed E-state index contributed by atoms with van der Waals surface area (Å²) in [4.78, 5) is 21.4. The predicted octanol–water partition coefficient (Wildman–Crippen LogP) is 1.11. The zero-order valence-electron chi connectivity index (χ0n) is 8.31. The van der Waals surface area contributed by atoms with Gasteiger partial charge in [0.15, 0.2) is 0 Å². The summed E-state index contributed by atoms with van der Waals surface area (Å²) in [6.07, 6.45) is -1.02. The van der Waals surface area contributed by atoms with Crippen LogP contribution in [0.25, 0.3) is 0 Å². The molecule has 0 aliphatic rings. The second-order valence-electron chi connectivity index (χ2n) is 3.24. The van der Waals surface area contributed by atoms with Crippen LogP contribution < -0.4 is 11.1 Å². The molecule has 0 bridgehead atoms. The Morgan fingerprint density at radius 2 is 1.94 bits per heavy atom. The summed E-state index contributed by atoms with van der Waals surface area (Å²) in [7, 11) is 0. The normalized spacial score (nSPS) is 11.8. The number of primary amides is 1. The van der Waals surface area contributed by atoms with Crippen molar-refractivity contribution in [2.45, 2.75) is 12.5 Å². The Hall–Kier alpha value is -1.56. The summed E-state index contributed by atoms with van der Waals surface area (Å²) in [5.41, 5.74) is 5.92. The highest BCUT2D eigenvalue weighted by Gasteiger charge is 2.17. The molecule has 6 heteroatoms. The predicted molar refractivity (Wildman–Crippen MR) is 62.0 cm³/mol. The minimum Gasteiger partial charge on any atom is -0.465 e. The number of carbonyl (C=O) groups is 2. The lowest BCUT2D eigenvalue weighted by atomic mass is 10.1. The summed E-state index contributed by atoms with van der Waals surface area (Å²) >= 11 is 3.28. The van der Waals surface area contributed by atoms with Gasteiger partial charge < -0.3 is 16.2 Å². The molecule has 0 saturated carbocycles. The summed E-state index contributed by atoms with van der Waals surface area (Å²) < 4.78 is 0.915. The first-order chi connectivity index (χ1) is 7.49. The summed E-state index contributed by atoms with van der Waals surface area (Å²) in [5.74, 6) is -0.690. The van der Waals surface area contributed by atoms with Crippen molar-refractivity contribution in [2.75, 3.05) is 0 Å². The number of carbonyl (C=O) groups excluding carboxylic acids is 1. The van der Waals surface area contributed by atoms with Crippen molar-refractivity contribution in [2.24, 2.45) is 5.73 Å². The number of nitrogens with two attached hydrogens (primary N) is 1. The Bertz CT molecular complexity index is 392. The first-order valence-corrected chi connectivity index (χ1v) is 5.31. The minimum absolute atomic E-state index is 0.245. The van der Waals surface area contributed by atoms with E-state index < -0.39 is 18.0 Å². The third-order valence-corrected chi connectivity index (χ3v) is 2.52. The van der Waals surface area contributed by atoms with Crippen molar-refractivity contribution < 1.29 is 14.7 Å². The van der Waals surface area contributed by atoms with E-state index >= 15 is 0 Å². The van der Waals surface area contributed by atoms with Crippen molar-refractivity contribution in [3.05, 3.63) is 34.3 Å². The first-order valence-electron chi connectivity index (χ1n) is 4.52. The molecule has 1 aromatic rings. The van der Waals surface area contributed by atoms with Crippen molar-refractivity contribution in [1.29, 1.82) is 0 Å². The van der Waals surface area contributed by atoms with Crippen LogP contribution in [0.2, 0.25) is 0 Å². The van der Waals surface area contributed by atoms with E-state index in [9.17, 15) is 9.59 Å². The Balaban J connectivity index is 2.71. The van der Waals surface area contributed by atoms with Gasteiger partial charge in [-0.15, -0.1) is 0 Å². The molecule has 16 heavy (non-hydrogen) atoms. The van der Waals surface area contributed by atoms with Crippen molar-refractivity contribution in [3.8, 4) is 0 Å². The monoisotopic (exact) mass is 286 g/mol. The molecule has 0 radical (unpaired) electrons. The summed E-state index contributed by atoms with van der Waals surface area (Å²) in [6.45, 7) is 0. The minimum atomic E-state index is -1.26. The molecule has 0 fully saturated rings. The van der Waals surface area contributed by atoms with Gasteiger partial charge in [0.25, 0.3) is 0 Å². The van der Waals surface area contributed by atoms with Gasteiger partial charge in [-0.1, -0.05) is 28.1 Å². The number of hydrogen-bond donors (Lipinski definition) is 3. The molecule has 1 aromatic carbocycles. The molecular formula is C10H11BrN2O3. The maximum atomic E-state index is 11.0. The Morgan fingerprint density at radius 3 is 2.38 bits per heavy atom. The van der Waals surface area contributed by atoms with E-state index in [0.29, 0.717) is 0 Å². The number of carboxylic acid groups (broad SMARTS) is 1. The molecule has 86 valence electrons. The summed E-state index contributed by atoms with van der Waals surface area (Å²) in [6, 6.07) is 6.31. The largest absolute Gasteiger partial charge is 0.465 e. The molecule has 0 spiro atoms. The van der Waals surface area contributed by atoms with Crippen LogP contribution in [0.1, 0.15) is 5.56 Å². The van der Waals surface area contributed by atoms with E-state index in [-0.39, 0.29) is 6.42 Å². The molecule has 0 heterocycles. The van der Waals surface area contributed by atoms with Crippen LogP contribution in [0, 0.1) is 0 Å². The molecule has 0 aromatic heterocycles. The van der Waals surface area contributed by atoms with Gasteiger partial charge in [0.2, 0.25) is 5.91 Å². The van der Waals surface area contributed by atoms with Crippen molar-refractivity contribution in [3.63, 3.8) is 0 Å². The Morgan fingerprint density at radius 1 is 1.38 bits per heavy atom. The molecule has 0 unspecified atom stereocenters. The lowest BCUT2D eigenvalue weighted by molar-refractivity contribution is -0.119. The molecule has 4 N–H and O–H groups in total. The van der Waals surface area contributed by atoms with E-state index in [1.54, 1.807) is 12.1 Å². The molecule has 0 saturated heterocycles. The van der Waals surface area contributed by atoms with Crippen LogP contribution in [-0.4, -0.2) is 23.1 Å². The van der Waals surface area contributed by atoms with Crippen molar-refractivity contribution in [1.82, 2.24) is 5.32 Å². The van der Waals surface area contributed by atoms with Gasteiger partial charge >= 0.3 is 6.09 Å². The highest BCUT2D eigenvalue weighted by molar-refractivity contribution is 9.10. The van der Waals surface area contributed by atoms with Gasteiger partial charge in [0, 0.05) is 10.9 Å². The second-order valence-corrected chi connectivity index (χ2v) is 4.15. The molecule has 1 atom stereocenters. The second kappa shape index (κ2) is 5.50. The van der Waals surface area contributed by atoms with Crippen LogP contribution in [0.15, 0.2) is 28.7 Å². The topological polar surface area (TPSA) is 92.4 Å². The number of halogens is 1. The molecule has 0 aliphatic heterocycles. The van der Waals surface area contributed by atoms with Gasteiger partial charge in [0.1, 0.15) is 6.04 Å². The van der Waals surface area contributed by atoms with Crippen molar-refractivity contribution >= 4 is 27.9 Å². The van der Waals surface area contributed by atoms with Crippen LogP contribution >= 0.6 is 15.9 Å². The lowest BCUT2D eigenvalue weighted by Gasteiger charge is -2.13. The van der Waals surface area contributed by atoms with Crippen LogP contribution in [-0.2, 0) is 11.2 Å². The highest BCUT2D eigenvalue weighted by Crippen LogP contribution is 2.11. The van der Waals surface area contributed by atoms with Gasteiger partial charge in [-0.2, -0.15) is 0 Å². The smallest absolute Gasteiger partial charge is 0.405 e. The van der Waals surface area contributed by atoms with E-state index in [1.807, 2.05) is 12.1 Å². The van der Waals surface area contributed by atoms with Gasteiger partial charge in [-0.3, -0.25) is 4.79 Å². The van der Waals surface area contributed by atoms with Gasteiger partial charge in [0.05, 0.1) is 0 Å². The zero-order chi connectivity index (χ0) is 12.1. The number of nitrogens with one attached hydrogen (secondary N) is 1. The number of hydrogen-bond acceptors (Lipinski definition) is 2. The zero-order valence-corrected chi connectivity index (χ0v) is 9.90. The Kier molecular flexibility index (Phi) is 4.30. The maximum Gasteiger partial charge on any atom is 0.405 e. The molecule has 5 nitrogen and oxygen atoms in total. The number of rotatable bonds is 4. The van der Waals surface area contributed by atoms with E-state index in [0.717, 1.165) is 10.0 Å². The molecular weight excluding hydrogens is 276 g/mol.